The molecule has 16 heavy (non-hydrogen) atoms. The molecule has 8 heteroatoms. The predicted molar refractivity (Wildman–Crippen MR) is 54.8 cm³/mol. The van der Waals surface area contributed by atoms with Crippen molar-refractivity contribution in [2.24, 2.45) is 0 Å². The van der Waals surface area contributed by atoms with Crippen molar-refractivity contribution >= 4 is 27.3 Å². The Morgan fingerprint density at radius 1 is 1.31 bits per heavy atom. The van der Waals surface area contributed by atoms with E-state index in [1.165, 1.54) is 23.8 Å². The van der Waals surface area contributed by atoms with Crippen molar-refractivity contribution in [3.8, 4) is 0 Å². The molecule has 1 aromatic carbocycles. The van der Waals surface area contributed by atoms with Crippen LogP contribution < -0.4 is 4.72 Å². The molecule has 0 aliphatic carbocycles. The smallest absolute Gasteiger partial charge is 0.276 e. The first-order valence-electron chi connectivity index (χ1n) is 3.99. The fourth-order valence-corrected chi connectivity index (χ4v) is 1.70. The second-order valence-electron chi connectivity index (χ2n) is 3.01. The number of halogens is 4. The molecule has 0 bridgehead atoms. The summed E-state index contributed by atoms with van der Waals surface area (Å²) < 4.78 is 59.2. The lowest BCUT2D eigenvalue weighted by atomic mass is 10.2. The third-order valence-corrected chi connectivity index (χ3v) is 3.08. The quantitative estimate of drug-likeness (QED) is 0.900. The first-order chi connectivity index (χ1) is 7.13. The maximum atomic E-state index is 12.1. The Hall–Kier alpha value is -0.950. The molecule has 0 amide bonds. The van der Waals surface area contributed by atoms with E-state index in [0.29, 0.717) is 5.56 Å². The van der Waals surface area contributed by atoms with Gasteiger partial charge in [0.05, 0.1) is 5.69 Å². The van der Waals surface area contributed by atoms with Crippen LogP contribution in [0.1, 0.15) is 5.56 Å². The van der Waals surface area contributed by atoms with Crippen LogP contribution in [-0.2, 0) is 10.0 Å². The Bertz CT molecular complexity index is 498. The average Bonchev–Trinajstić information content (AvgIpc) is 2.09. The van der Waals surface area contributed by atoms with Gasteiger partial charge in [-0.05, 0) is 24.6 Å². The van der Waals surface area contributed by atoms with Crippen molar-refractivity contribution in [1.82, 2.24) is 0 Å². The van der Waals surface area contributed by atoms with Crippen molar-refractivity contribution in [3.63, 3.8) is 0 Å². The van der Waals surface area contributed by atoms with E-state index < -0.39 is 15.5 Å². The Morgan fingerprint density at radius 3 is 2.38 bits per heavy atom. The van der Waals surface area contributed by atoms with Crippen molar-refractivity contribution in [3.05, 3.63) is 28.8 Å². The Labute approximate surface area is 95.3 Å². The van der Waals surface area contributed by atoms with E-state index in [2.05, 4.69) is 0 Å². The standard InChI is InChI=1S/C8H7ClF3NO2S/c1-5-2-3-6(9)4-7(5)13-16(14,15)8(10,11)12/h2-4,13H,1H3. The Morgan fingerprint density at radius 2 is 1.88 bits per heavy atom. The van der Waals surface area contributed by atoms with E-state index in [0.717, 1.165) is 6.07 Å². The predicted octanol–water partition coefficient (Wildman–Crippen LogP) is 2.91. The van der Waals surface area contributed by atoms with Crippen LogP contribution in [0.3, 0.4) is 0 Å². The molecule has 0 heterocycles. The number of nitrogens with one attached hydrogen (secondary N) is 1. The molecule has 0 aliphatic heterocycles. The number of anilines is 1. The van der Waals surface area contributed by atoms with Gasteiger partial charge in [0.15, 0.2) is 0 Å². The molecule has 0 aromatic heterocycles. The summed E-state index contributed by atoms with van der Waals surface area (Å²) in [6.45, 7) is 1.46. The normalized spacial score (nSPS) is 12.6. The van der Waals surface area contributed by atoms with E-state index in [1.54, 1.807) is 0 Å². The zero-order valence-corrected chi connectivity index (χ0v) is 9.54. The minimum absolute atomic E-state index is 0.144. The molecule has 1 N–H and O–H groups in total. The van der Waals surface area contributed by atoms with Crippen molar-refractivity contribution in [1.29, 1.82) is 0 Å². The van der Waals surface area contributed by atoms with Crippen molar-refractivity contribution in [2.75, 3.05) is 4.72 Å². The topological polar surface area (TPSA) is 46.2 Å². The van der Waals surface area contributed by atoms with Crippen LogP contribution in [0.25, 0.3) is 0 Å². The largest absolute Gasteiger partial charge is 0.516 e. The number of alkyl halides is 3. The monoisotopic (exact) mass is 273 g/mol. The summed E-state index contributed by atoms with van der Waals surface area (Å²) in [5, 5.41) is 0.144. The Kier molecular flexibility index (Phi) is 3.39. The molecule has 1 aromatic rings. The average molecular weight is 274 g/mol. The molecule has 0 radical (unpaired) electrons. The van der Waals surface area contributed by atoms with Gasteiger partial charge in [-0.2, -0.15) is 21.6 Å². The molecular weight excluding hydrogens is 267 g/mol. The molecule has 0 spiro atoms. The van der Waals surface area contributed by atoms with Gasteiger partial charge in [0.25, 0.3) is 0 Å². The molecule has 0 saturated carbocycles. The van der Waals surface area contributed by atoms with E-state index in [4.69, 9.17) is 11.6 Å². The lowest BCUT2D eigenvalue weighted by Crippen LogP contribution is -2.30. The van der Waals surface area contributed by atoms with Crippen molar-refractivity contribution in [2.45, 2.75) is 12.4 Å². The van der Waals surface area contributed by atoms with Crippen LogP contribution in [0, 0.1) is 6.92 Å². The molecule has 0 unspecified atom stereocenters. The van der Waals surface area contributed by atoms with Crippen LogP contribution in [-0.4, -0.2) is 13.9 Å². The van der Waals surface area contributed by atoms with Gasteiger partial charge in [0.1, 0.15) is 0 Å². The van der Waals surface area contributed by atoms with Gasteiger partial charge in [0, 0.05) is 5.02 Å². The first kappa shape index (κ1) is 13.1. The highest BCUT2D eigenvalue weighted by Crippen LogP contribution is 2.28. The second-order valence-corrected chi connectivity index (χ2v) is 5.12. The highest BCUT2D eigenvalue weighted by molar-refractivity contribution is 7.93. The number of benzene rings is 1. The Balaban J connectivity index is 3.11. The lowest BCUT2D eigenvalue weighted by molar-refractivity contribution is -0.0429. The van der Waals surface area contributed by atoms with Gasteiger partial charge < -0.3 is 0 Å². The molecule has 0 aliphatic rings. The number of sulfonamides is 1. The summed E-state index contributed by atoms with van der Waals surface area (Å²) in [6, 6.07) is 3.97. The third kappa shape index (κ3) is 2.79. The molecule has 3 nitrogen and oxygen atoms in total. The summed E-state index contributed by atoms with van der Waals surface area (Å²) in [5.74, 6) is 0. The number of rotatable bonds is 2. The fourth-order valence-electron chi connectivity index (χ4n) is 0.907. The van der Waals surface area contributed by atoms with E-state index in [9.17, 15) is 21.6 Å². The summed E-state index contributed by atoms with van der Waals surface area (Å²) in [4.78, 5) is 0. The van der Waals surface area contributed by atoms with Gasteiger partial charge >= 0.3 is 15.5 Å². The molecule has 0 fully saturated rings. The fraction of sp³-hybridized carbons (Fsp3) is 0.250. The van der Waals surface area contributed by atoms with Crippen molar-refractivity contribution < 1.29 is 21.6 Å². The minimum atomic E-state index is -5.40. The third-order valence-electron chi connectivity index (χ3n) is 1.75. The first-order valence-corrected chi connectivity index (χ1v) is 5.85. The van der Waals surface area contributed by atoms with Crippen LogP contribution in [0.4, 0.5) is 18.9 Å². The van der Waals surface area contributed by atoms with Gasteiger partial charge in [-0.3, -0.25) is 4.72 Å². The van der Waals surface area contributed by atoms with E-state index >= 15 is 0 Å². The van der Waals surface area contributed by atoms with E-state index in [-0.39, 0.29) is 10.7 Å². The van der Waals surface area contributed by atoms with Gasteiger partial charge in [-0.25, -0.2) is 0 Å². The number of hydrogen-bond acceptors (Lipinski definition) is 2. The second kappa shape index (κ2) is 4.14. The van der Waals surface area contributed by atoms with Crippen LogP contribution in [0.2, 0.25) is 5.02 Å². The molecule has 0 saturated heterocycles. The minimum Gasteiger partial charge on any atom is -0.276 e. The van der Waals surface area contributed by atoms with Crippen LogP contribution >= 0.6 is 11.6 Å². The molecule has 1 rings (SSSR count). The van der Waals surface area contributed by atoms with Gasteiger partial charge in [-0.15, -0.1) is 0 Å². The van der Waals surface area contributed by atoms with Gasteiger partial charge in [0.2, 0.25) is 0 Å². The number of hydrogen-bond donors (Lipinski definition) is 1. The maximum Gasteiger partial charge on any atom is 0.516 e. The zero-order valence-electron chi connectivity index (χ0n) is 7.97. The van der Waals surface area contributed by atoms with E-state index in [1.807, 2.05) is 0 Å². The molecular formula is C8H7ClF3NO2S. The van der Waals surface area contributed by atoms with Gasteiger partial charge in [-0.1, -0.05) is 17.7 Å². The molecule has 0 atom stereocenters. The highest BCUT2D eigenvalue weighted by Gasteiger charge is 2.46. The summed E-state index contributed by atoms with van der Waals surface area (Å²) in [5.41, 5.74) is -5.19. The SMILES string of the molecule is Cc1ccc(Cl)cc1NS(=O)(=O)C(F)(F)F. The maximum absolute atomic E-state index is 12.1. The summed E-state index contributed by atoms with van der Waals surface area (Å²) in [7, 11) is -5.40. The van der Waals surface area contributed by atoms with Crippen LogP contribution in [0.5, 0.6) is 0 Å². The highest BCUT2D eigenvalue weighted by atomic mass is 35.5. The zero-order chi connectivity index (χ0) is 12.6. The van der Waals surface area contributed by atoms with Crippen LogP contribution in [0.15, 0.2) is 18.2 Å². The number of aryl methyl sites for hydroxylation is 1. The lowest BCUT2D eigenvalue weighted by Gasteiger charge is -2.12. The summed E-state index contributed by atoms with van der Waals surface area (Å²) >= 11 is 5.54. The molecule has 90 valence electrons. The summed E-state index contributed by atoms with van der Waals surface area (Å²) in [6.07, 6.45) is 0.